The summed E-state index contributed by atoms with van der Waals surface area (Å²) in [6, 6.07) is 12.9. The van der Waals surface area contributed by atoms with E-state index in [0.29, 0.717) is 12.2 Å². The van der Waals surface area contributed by atoms with E-state index in [1.807, 2.05) is 24.3 Å². The van der Waals surface area contributed by atoms with E-state index >= 15 is 0 Å². The SMILES string of the molecule is CC(=O)[C@@H](CC(=O)N1CCCc2ccccc21)C(=O)Nc1ccc(F)cc1. The summed E-state index contributed by atoms with van der Waals surface area (Å²) < 4.78 is 13.0. The molecule has 1 aliphatic heterocycles. The molecule has 0 saturated heterocycles. The van der Waals surface area contributed by atoms with Gasteiger partial charge >= 0.3 is 0 Å². The van der Waals surface area contributed by atoms with Gasteiger partial charge in [0.2, 0.25) is 11.8 Å². The lowest BCUT2D eigenvalue weighted by Gasteiger charge is -2.30. The molecular formula is C21H21FN2O3. The molecule has 2 aromatic carbocycles. The lowest BCUT2D eigenvalue weighted by atomic mass is 9.96. The monoisotopic (exact) mass is 368 g/mol. The number of aryl methyl sites for hydroxylation is 1. The zero-order valence-corrected chi connectivity index (χ0v) is 15.1. The van der Waals surface area contributed by atoms with Crippen molar-refractivity contribution >= 4 is 29.0 Å². The van der Waals surface area contributed by atoms with E-state index in [2.05, 4.69) is 5.32 Å². The Balaban J connectivity index is 1.73. The lowest BCUT2D eigenvalue weighted by molar-refractivity contribution is -0.134. The molecule has 0 radical (unpaired) electrons. The van der Waals surface area contributed by atoms with E-state index in [4.69, 9.17) is 0 Å². The molecule has 1 N–H and O–H groups in total. The van der Waals surface area contributed by atoms with Gasteiger partial charge in [-0.1, -0.05) is 18.2 Å². The second-order valence-electron chi connectivity index (χ2n) is 6.64. The Morgan fingerprint density at radius 1 is 1.11 bits per heavy atom. The minimum atomic E-state index is -1.09. The van der Waals surface area contributed by atoms with Gasteiger partial charge < -0.3 is 10.2 Å². The van der Waals surface area contributed by atoms with Gasteiger partial charge in [-0.3, -0.25) is 14.4 Å². The first-order valence-electron chi connectivity index (χ1n) is 8.91. The normalized spacial score (nSPS) is 14.2. The minimum absolute atomic E-state index is 0.198. The van der Waals surface area contributed by atoms with E-state index in [9.17, 15) is 18.8 Å². The number of hydrogen-bond donors (Lipinski definition) is 1. The van der Waals surface area contributed by atoms with Gasteiger partial charge in [0.25, 0.3) is 0 Å². The predicted octanol–water partition coefficient (Wildman–Crippen LogP) is 3.34. The second-order valence-corrected chi connectivity index (χ2v) is 6.64. The largest absolute Gasteiger partial charge is 0.325 e. The zero-order chi connectivity index (χ0) is 19.4. The van der Waals surface area contributed by atoms with Crippen LogP contribution in [0.5, 0.6) is 0 Å². The molecule has 0 unspecified atom stereocenters. The summed E-state index contributed by atoms with van der Waals surface area (Å²) >= 11 is 0. The number of halogens is 1. The van der Waals surface area contributed by atoms with Crippen LogP contribution in [-0.4, -0.2) is 24.1 Å². The molecule has 3 rings (SSSR count). The van der Waals surface area contributed by atoms with Gasteiger partial charge in [0, 0.05) is 24.3 Å². The van der Waals surface area contributed by atoms with Gasteiger partial charge in [-0.25, -0.2) is 4.39 Å². The highest BCUT2D eigenvalue weighted by Crippen LogP contribution is 2.28. The number of carbonyl (C=O) groups excluding carboxylic acids is 3. The van der Waals surface area contributed by atoms with E-state index in [0.717, 1.165) is 24.1 Å². The van der Waals surface area contributed by atoms with Crippen LogP contribution in [0.1, 0.15) is 25.3 Å². The van der Waals surface area contributed by atoms with Gasteiger partial charge in [-0.2, -0.15) is 0 Å². The first-order chi connectivity index (χ1) is 13.0. The van der Waals surface area contributed by atoms with Crippen LogP contribution >= 0.6 is 0 Å². The fraction of sp³-hybridized carbons (Fsp3) is 0.286. The van der Waals surface area contributed by atoms with E-state index in [1.54, 1.807) is 4.90 Å². The molecule has 0 saturated carbocycles. The standard InChI is InChI=1S/C21H21FN2O3/c1-14(25)18(21(27)23-17-10-8-16(22)9-11-17)13-20(26)24-12-4-6-15-5-2-3-7-19(15)24/h2-3,5,7-11,18H,4,6,12-13H2,1H3,(H,23,27)/t18-/m1/s1. The molecule has 0 fully saturated rings. The first-order valence-corrected chi connectivity index (χ1v) is 8.91. The smallest absolute Gasteiger partial charge is 0.235 e. The second kappa shape index (κ2) is 8.12. The van der Waals surface area contributed by atoms with Gasteiger partial charge in [0.05, 0.1) is 0 Å². The van der Waals surface area contributed by atoms with Crippen LogP contribution in [0.4, 0.5) is 15.8 Å². The molecule has 1 aliphatic rings. The molecule has 2 aromatic rings. The summed E-state index contributed by atoms with van der Waals surface area (Å²) in [6.45, 7) is 1.87. The number of nitrogens with one attached hydrogen (secondary N) is 1. The number of rotatable bonds is 5. The summed E-state index contributed by atoms with van der Waals surface area (Å²) in [5.74, 6) is -2.70. The molecular weight excluding hydrogens is 347 g/mol. The Labute approximate surface area is 157 Å². The number of para-hydroxylation sites is 1. The van der Waals surface area contributed by atoms with Crippen molar-refractivity contribution in [1.82, 2.24) is 0 Å². The van der Waals surface area contributed by atoms with Crippen LogP contribution in [0.2, 0.25) is 0 Å². The highest BCUT2D eigenvalue weighted by atomic mass is 19.1. The van der Waals surface area contributed by atoms with Crippen molar-refractivity contribution in [2.24, 2.45) is 5.92 Å². The van der Waals surface area contributed by atoms with E-state index in [1.165, 1.54) is 31.2 Å². The minimum Gasteiger partial charge on any atom is -0.325 e. The number of nitrogens with zero attached hydrogens (tertiary/aromatic N) is 1. The summed E-state index contributed by atoms with van der Waals surface area (Å²) in [5.41, 5.74) is 2.31. The lowest BCUT2D eigenvalue weighted by Crippen LogP contribution is -2.39. The quantitative estimate of drug-likeness (QED) is 0.823. The van der Waals surface area contributed by atoms with Crippen molar-refractivity contribution in [3.63, 3.8) is 0 Å². The van der Waals surface area contributed by atoms with Crippen molar-refractivity contribution in [3.8, 4) is 0 Å². The van der Waals surface area contributed by atoms with Crippen LogP contribution < -0.4 is 10.2 Å². The number of ketones is 1. The Bertz CT molecular complexity index is 864. The number of amides is 2. The van der Waals surface area contributed by atoms with Crippen LogP contribution in [0, 0.1) is 11.7 Å². The summed E-state index contributed by atoms with van der Waals surface area (Å²) in [6.07, 6.45) is 1.55. The molecule has 140 valence electrons. The molecule has 1 atom stereocenters. The average molecular weight is 368 g/mol. The Morgan fingerprint density at radius 2 is 1.81 bits per heavy atom. The van der Waals surface area contributed by atoms with Gasteiger partial charge in [0.15, 0.2) is 0 Å². The van der Waals surface area contributed by atoms with Gasteiger partial charge in [-0.15, -0.1) is 0 Å². The number of fused-ring (bicyclic) bond motifs is 1. The highest BCUT2D eigenvalue weighted by molar-refractivity contribution is 6.10. The number of anilines is 2. The topological polar surface area (TPSA) is 66.5 Å². The molecule has 0 aromatic heterocycles. The van der Waals surface area contributed by atoms with E-state index < -0.39 is 17.6 Å². The predicted molar refractivity (Wildman–Crippen MR) is 101 cm³/mol. The molecule has 2 amide bonds. The van der Waals surface area contributed by atoms with Crippen molar-refractivity contribution in [2.75, 3.05) is 16.8 Å². The Morgan fingerprint density at radius 3 is 2.52 bits per heavy atom. The van der Waals surface area contributed by atoms with Crippen LogP contribution in [0.3, 0.4) is 0 Å². The van der Waals surface area contributed by atoms with Gasteiger partial charge in [-0.05, 0) is 55.7 Å². The number of carbonyl (C=O) groups is 3. The molecule has 0 bridgehead atoms. The van der Waals surface area contributed by atoms with Crippen molar-refractivity contribution < 1.29 is 18.8 Å². The van der Waals surface area contributed by atoms with Crippen LogP contribution in [0.25, 0.3) is 0 Å². The fourth-order valence-corrected chi connectivity index (χ4v) is 3.26. The number of hydrogen-bond acceptors (Lipinski definition) is 3. The zero-order valence-electron chi connectivity index (χ0n) is 15.1. The third-order valence-corrected chi connectivity index (χ3v) is 4.71. The maximum absolute atomic E-state index is 13.0. The molecule has 0 spiro atoms. The third kappa shape index (κ3) is 4.39. The Hall–Kier alpha value is -3.02. The van der Waals surface area contributed by atoms with E-state index in [-0.39, 0.29) is 18.1 Å². The molecule has 1 heterocycles. The summed E-state index contributed by atoms with van der Waals surface area (Å²) in [5, 5.41) is 2.58. The first kappa shape index (κ1) is 18.8. The molecule has 5 nitrogen and oxygen atoms in total. The average Bonchev–Trinajstić information content (AvgIpc) is 2.67. The third-order valence-electron chi connectivity index (χ3n) is 4.71. The molecule has 6 heteroatoms. The number of Topliss-reactive ketones (excluding diaryl/α,β-unsaturated/α-hetero) is 1. The van der Waals surface area contributed by atoms with Crippen LogP contribution in [0.15, 0.2) is 48.5 Å². The van der Waals surface area contributed by atoms with Gasteiger partial charge in [0.1, 0.15) is 17.5 Å². The van der Waals surface area contributed by atoms with Crippen molar-refractivity contribution in [3.05, 3.63) is 59.9 Å². The maximum Gasteiger partial charge on any atom is 0.235 e. The van der Waals surface area contributed by atoms with Crippen molar-refractivity contribution in [1.29, 1.82) is 0 Å². The fourth-order valence-electron chi connectivity index (χ4n) is 3.26. The van der Waals surface area contributed by atoms with Crippen molar-refractivity contribution in [2.45, 2.75) is 26.2 Å². The summed E-state index contributed by atoms with van der Waals surface area (Å²) in [4.78, 5) is 39.0. The maximum atomic E-state index is 13.0. The molecule has 27 heavy (non-hydrogen) atoms. The van der Waals surface area contributed by atoms with Crippen LogP contribution in [-0.2, 0) is 20.8 Å². The highest BCUT2D eigenvalue weighted by Gasteiger charge is 2.30. The number of benzene rings is 2. The summed E-state index contributed by atoms with van der Waals surface area (Å²) in [7, 11) is 0. The Kier molecular flexibility index (Phi) is 5.64. The molecule has 0 aliphatic carbocycles.